The molecule has 1 atom stereocenters. The lowest BCUT2D eigenvalue weighted by Crippen LogP contribution is -2.31. The van der Waals surface area contributed by atoms with Crippen molar-refractivity contribution in [1.29, 1.82) is 0 Å². The molecule has 3 rings (SSSR count). The van der Waals surface area contributed by atoms with Crippen LogP contribution in [0.15, 0.2) is 41.3 Å². The van der Waals surface area contributed by atoms with Crippen LogP contribution >= 0.6 is 0 Å². The minimum absolute atomic E-state index is 0.0116. The van der Waals surface area contributed by atoms with Crippen molar-refractivity contribution >= 4 is 0 Å². The van der Waals surface area contributed by atoms with E-state index in [-0.39, 0.29) is 18.2 Å². The van der Waals surface area contributed by atoms with Gasteiger partial charge >= 0.3 is 0 Å². The molecular weight excluding hydrogens is 252 g/mol. The molecule has 2 N–H and O–H groups in total. The van der Waals surface area contributed by atoms with Gasteiger partial charge in [-0.3, -0.25) is 4.79 Å². The van der Waals surface area contributed by atoms with E-state index in [1.54, 1.807) is 16.8 Å². The lowest BCUT2D eigenvalue weighted by Gasteiger charge is -2.13. The van der Waals surface area contributed by atoms with Gasteiger partial charge in [-0.05, 0) is 24.6 Å². The Kier molecular flexibility index (Phi) is 3.32. The maximum Gasteiger partial charge on any atom is 0.255 e. The Balaban J connectivity index is 1.80. The highest BCUT2D eigenvalue weighted by molar-refractivity contribution is 5.40. The largest absolute Gasteiger partial charge is 0.488 e. The number of nitrogens with zero attached hydrogens (tertiary/aromatic N) is 1. The molecule has 0 aliphatic carbocycles. The molecule has 0 fully saturated rings. The predicted molar refractivity (Wildman–Crippen MR) is 77.9 cm³/mol. The van der Waals surface area contributed by atoms with Gasteiger partial charge in [-0.2, -0.15) is 0 Å². The summed E-state index contributed by atoms with van der Waals surface area (Å²) in [7, 11) is 0. The van der Waals surface area contributed by atoms with Crippen molar-refractivity contribution in [3.63, 3.8) is 0 Å². The number of fused-ring (bicyclic) bond motifs is 1. The topological polar surface area (TPSA) is 57.2 Å². The molecule has 1 aromatic carbocycles. The number of aromatic nitrogens is 1. The quantitative estimate of drug-likeness (QED) is 0.922. The number of hydrogen-bond donors (Lipinski definition) is 1. The lowest BCUT2D eigenvalue weighted by atomic mass is 10.1. The van der Waals surface area contributed by atoms with Gasteiger partial charge in [-0.25, -0.2) is 0 Å². The van der Waals surface area contributed by atoms with Gasteiger partial charge in [0, 0.05) is 24.7 Å². The first-order valence-electron chi connectivity index (χ1n) is 6.82. The highest BCUT2D eigenvalue weighted by Crippen LogP contribution is 2.29. The van der Waals surface area contributed by atoms with Crippen molar-refractivity contribution in [3.05, 3.63) is 63.6 Å². The van der Waals surface area contributed by atoms with Gasteiger partial charge in [-0.1, -0.05) is 23.8 Å². The van der Waals surface area contributed by atoms with Gasteiger partial charge in [0.1, 0.15) is 11.9 Å². The van der Waals surface area contributed by atoms with Crippen molar-refractivity contribution < 1.29 is 4.74 Å². The molecule has 0 saturated carbocycles. The number of aryl methyl sites for hydroxylation is 1. The molecule has 4 nitrogen and oxygen atoms in total. The van der Waals surface area contributed by atoms with Crippen molar-refractivity contribution in [1.82, 2.24) is 4.57 Å². The SMILES string of the molecule is Cc1ccc2c(c1)CC(Cn1cccc(CN)c1=O)O2. The van der Waals surface area contributed by atoms with E-state index in [0.717, 1.165) is 12.2 Å². The standard InChI is InChI=1S/C16H18N2O2/c1-11-4-5-15-13(7-11)8-14(20-15)10-18-6-2-3-12(9-17)16(18)19/h2-7,14H,8-10,17H2,1H3. The maximum atomic E-state index is 12.1. The van der Waals surface area contributed by atoms with E-state index in [1.165, 1.54) is 11.1 Å². The molecule has 1 unspecified atom stereocenters. The lowest BCUT2D eigenvalue weighted by molar-refractivity contribution is 0.207. The van der Waals surface area contributed by atoms with Crippen LogP contribution in [0.4, 0.5) is 0 Å². The van der Waals surface area contributed by atoms with Crippen LogP contribution in [0, 0.1) is 6.92 Å². The minimum atomic E-state index is -0.0225. The Bertz CT molecular complexity index is 691. The van der Waals surface area contributed by atoms with Crippen LogP contribution in [-0.2, 0) is 19.5 Å². The van der Waals surface area contributed by atoms with Crippen LogP contribution in [0.25, 0.3) is 0 Å². The second-order valence-corrected chi connectivity index (χ2v) is 5.25. The van der Waals surface area contributed by atoms with Gasteiger partial charge in [0.25, 0.3) is 5.56 Å². The second kappa shape index (κ2) is 5.13. The normalized spacial score (nSPS) is 16.8. The molecule has 1 aliphatic heterocycles. The zero-order chi connectivity index (χ0) is 14.1. The Hall–Kier alpha value is -2.07. The molecule has 0 radical (unpaired) electrons. The summed E-state index contributed by atoms with van der Waals surface area (Å²) in [6, 6.07) is 9.82. The fourth-order valence-corrected chi connectivity index (χ4v) is 2.66. The van der Waals surface area contributed by atoms with Crippen LogP contribution in [0.3, 0.4) is 0 Å². The summed E-state index contributed by atoms with van der Waals surface area (Å²) >= 11 is 0. The van der Waals surface area contributed by atoms with E-state index in [0.29, 0.717) is 12.1 Å². The summed E-state index contributed by atoms with van der Waals surface area (Å²) in [5.74, 6) is 0.934. The minimum Gasteiger partial charge on any atom is -0.488 e. The van der Waals surface area contributed by atoms with E-state index < -0.39 is 0 Å². The van der Waals surface area contributed by atoms with Gasteiger partial charge in [0.05, 0.1) is 6.54 Å². The fourth-order valence-electron chi connectivity index (χ4n) is 2.66. The van der Waals surface area contributed by atoms with Gasteiger partial charge in [0.2, 0.25) is 0 Å². The molecule has 0 spiro atoms. The Labute approximate surface area is 117 Å². The first-order valence-corrected chi connectivity index (χ1v) is 6.82. The number of rotatable bonds is 3. The third kappa shape index (κ3) is 2.34. The maximum absolute atomic E-state index is 12.1. The van der Waals surface area contributed by atoms with E-state index in [2.05, 4.69) is 13.0 Å². The van der Waals surface area contributed by atoms with E-state index in [1.807, 2.05) is 18.2 Å². The van der Waals surface area contributed by atoms with Crippen LogP contribution in [0.1, 0.15) is 16.7 Å². The molecule has 4 heteroatoms. The van der Waals surface area contributed by atoms with Crippen LogP contribution in [0.2, 0.25) is 0 Å². The molecule has 20 heavy (non-hydrogen) atoms. The van der Waals surface area contributed by atoms with E-state index in [9.17, 15) is 4.79 Å². The van der Waals surface area contributed by atoms with E-state index in [4.69, 9.17) is 10.5 Å². The van der Waals surface area contributed by atoms with Crippen molar-refractivity contribution in [2.75, 3.05) is 0 Å². The second-order valence-electron chi connectivity index (χ2n) is 5.25. The first kappa shape index (κ1) is 12.9. The molecular formula is C16H18N2O2. The summed E-state index contributed by atoms with van der Waals surface area (Å²) in [6.45, 7) is 2.90. The molecule has 0 bridgehead atoms. The van der Waals surface area contributed by atoms with Crippen molar-refractivity contribution in [2.45, 2.75) is 32.5 Å². The average Bonchev–Trinajstić information content (AvgIpc) is 2.82. The number of pyridine rings is 1. The van der Waals surface area contributed by atoms with Crippen molar-refractivity contribution in [3.8, 4) is 5.75 Å². The third-order valence-electron chi connectivity index (χ3n) is 3.68. The van der Waals surface area contributed by atoms with E-state index >= 15 is 0 Å². The predicted octanol–water partition coefficient (Wildman–Crippen LogP) is 1.62. The zero-order valence-corrected chi connectivity index (χ0v) is 11.5. The number of nitrogens with two attached hydrogens (primary N) is 1. The fraction of sp³-hybridized carbons (Fsp3) is 0.312. The van der Waals surface area contributed by atoms with Gasteiger partial charge < -0.3 is 15.0 Å². The Morgan fingerprint density at radius 3 is 3.05 bits per heavy atom. The van der Waals surface area contributed by atoms with Gasteiger partial charge in [0.15, 0.2) is 0 Å². The Morgan fingerprint density at radius 2 is 2.25 bits per heavy atom. The third-order valence-corrected chi connectivity index (χ3v) is 3.68. The number of hydrogen-bond acceptors (Lipinski definition) is 3. The molecule has 104 valence electrons. The Morgan fingerprint density at radius 1 is 1.40 bits per heavy atom. The monoisotopic (exact) mass is 270 g/mol. The molecule has 1 aliphatic rings. The summed E-state index contributed by atoms with van der Waals surface area (Å²) in [4.78, 5) is 12.1. The van der Waals surface area contributed by atoms with Crippen LogP contribution in [0.5, 0.6) is 5.75 Å². The number of ether oxygens (including phenoxy) is 1. The summed E-state index contributed by atoms with van der Waals surface area (Å²) in [5, 5.41) is 0. The molecule has 1 aromatic heterocycles. The van der Waals surface area contributed by atoms with Crippen molar-refractivity contribution in [2.24, 2.45) is 5.73 Å². The highest BCUT2D eigenvalue weighted by Gasteiger charge is 2.23. The summed E-state index contributed by atoms with van der Waals surface area (Å²) in [6.07, 6.45) is 2.65. The van der Waals surface area contributed by atoms with Gasteiger partial charge in [-0.15, -0.1) is 0 Å². The van der Waals surface area contributed by atoms with Crippen LogP contribution in [-0.4, -0.2) is 10.7 Å². The molecule has 2 heterocycles. The zero-order valence-electron chi connectivity index (χ0n) is 11.5. The average molecular weight is 270 g/mol. The molecule has 0 saturated heterocycles. The highest BCUT2D eigenvalue weighted by atomic mass is 16.5. The molecule has 0 amide bonds. The summed E-state index contributed by atoms with van der Waals surface area (Å²) < 4.78 is 7.59. The van der Waals surface area contributed by atoms with Crippen LogP contribution < -0.4 is 16.0 Å². The smallest absolute Gasteiger partial charge is 0.255 e. The first-order chi connectivity index (χ1) is 9.67. The number of benzene rings is 1. The molecule has 2 aromatic rings. The summed E-state index contributed by atoms with van der Waals surface area (Å²) in [5.41, 5.74) is 8.64.